The highest BCUT2D eigenvalue weighted by Crippen LogP contribution is 2.29. The Morgan fingerprint density at radius 2 is 2.12 bits per heavy atom. The number of rotatable bonds is 3. The summed E-state index contributed by atoms with van der Waals surface area (Å²) in [7, 11) is 1.91. The number of ether oxygens (including phenoxy) is 1. The number of hydrogen-bond acceptors (Lipinski definition) is 5. The lowest BCUT2D eigenvalue weighted by molar-refractivity contribution is 0.0509. The topological polar surface area (TPSA) is 66.5 Å². The molecule has 2 heterocycles. The fourth-order valence-electron chi connectivity index (χ4n) is 3.11. The molecule has 0 aliphatic carbocycles. The molecule has 2 aromatic rings. The number of amides is 1. The second kappa shape index (κ2) is 6.78. The number of fused-ring (bicyclic) bond motifs is 1. The zero-order valence-electron chi connectivity index (χ0n) is 15.3. The van der Waals surface area contributed by atoms with E-state index in [0.29, 0.717) is 0 Å². The molecule has 134 valence electrons. The highest BCUT2D eigenvalue weighted by molar-refractivity contribution is 5.94. The summed E-state index contributed by atoms with van der Waals surface area (Å²) in [5.74, 6) is 0.966. The summed E-state index contributed by atoms with van der Waals surface area (Å²) in [6, 6.07) is 8.36. The number of benzene rings is 1. The Labute approximate surface area is 148 Å². The Bertz CT molecular complexity index is 770. The summed E-state index contributed by atoms with van der Waals surface area (Å²) in [6.45, 7) is 7.20. The van der Waals surface area contributed by atoms with E-state index in [-0.39, 0.29) is 12.1 Å². The lowest BCUT2D eigenvalue weighted by atomic mass is 10.1. The molecule has 0 radical (unpaired) electrons. The molecule has 1 aromatic carbocycles. The van der Waals surface area contributed by atoms with Crippen LogP contribution in [0, 0.1) is 0 Å². The van der Waals surface area contributed by atoms with Gasteiger partial charge in [0.25, 0.3) is 0 Å². The lowest BCUT2D eigenvalue weighted by Gasteiger charge is -2.22. The van der Waals surface area contributed by atoms with Gasteiger partial charge in [0, 0.05) is 37.4 Å². The normalized spacial score (nSPS) is 17.6. The average Bonchev–Trinajstić information content (AvgIpc) is 3.00. The van der Waals surface area contributed by atoms with Crippen LogP contribution in [-0.4, -0.2) is 42.9 Å². The Kier molecular flexibility index (Phi) is 4.70. The zero-order valence-corrected chi connectivity index (χ0v) is 15.3. The van der Waals surface area contributed by atoms with Gasteiger partial charge in [0.05, 0.1) is 6.04 Å². The van der Waals surface area contributed by atoms with Gasteiger partial charge in [0.2, 0.25) is 0 Å². The van der Waals surface area contributed by atoms with Crippen molar-refractivity contribution in [1.29, 1.82) is 0 Å². The van der Waals surface area contributed by atoms with E-state index in [1.54, 1.807) is 0 Å². The van der Waals surface area contributed by atoms with Crippen LogP contribution in [-0.2, 0) is 4.74 Å². The molecular weight excluding hydrogens is 316 g/mol. The molecule has 1 aromatic heterocycles. The molecule has 25 heavy (non-hydrogen) atoms. The number of nitrogens with one attached hydrogen (secondary N) is 2. The van der Waals surface area contributed by atoms with E-state index in [1.807, 2.05) is 40.1 Å². The largest absolute Gasteiger partial charge is 0.444 e. The number of aromatic nitrogens is 1. The van der Waals surface area contributed by atoms with Crippen molar-refractivity contribution in [2.45, 2.75) is 38.8 Å². The molecular formula is C19H26N4O2. The highest BCUT2D eigenvalue weighted by Gasteiger charge is 2.27. The van der Waals surface area contributed by atoms with Crippen molar-refractivity contribution in [3.8, 4) is 0 Å². The van der Waals surface area contributed by atoms with Crippen molar-refractivity contribution in [3.63, 3.8) is 0 Å². The van der Waals surface area contributed by atoms with Gasteiger partial charge < -0.3 is 20.3 Å². The Morgan fingerprint density at radius 3 is 2.84 bits per heavy atom. The number of nitrogens with zero attached hydrogens (tertiary/aromatic N) is 2. The van der Waals surface area contributed by atoms with Crippen LogP contribution in [0.4, 0.5) is 16.3 Å². The van der Waals surface area contributed by atoms with Crippen LogP contribution in [0.15, 0.2) is 30.5 Å². The molecule has 6 nitrogen and oxygen atoms in total. The van der Waals surface area contributed by atoms with Gasteiger partial charge in [-0.15, -0.1) is 0 Å². The van der Waals surface area contributed by atoms with Crippen LogP contribution in [0.3, 0.4) is 0 Å². The standard InChI is InChI=1S/C19H26N4O2/c1-19(2,3)25-18(24)22-15-8-10-23(12-15)17-16-6-5-14(20-4)11-13(16)7-9-21-17/h5-7,9,11,15,20H,8,10,12H2,1-4H3,(H,22,24)/t15-/m1/s1. The number of anilines is 2. The fourth-order valence-corrected chi connectivity index (χ4v) is 3.11. The summed E-state index contributed by atoms with van der Waals surface area (Å²) < 4.78 is 5.35. The SMILES string of the molecule is CNc1ccc2c(N3CC[C@@H](NC(=O)OC(C)(C)C)C3)nccc2c1. The maximum Gasteiger partial charge on any atom is 0.407 e. The van der Waals surface area contributed by atoms with Crippen molar-refractivity contribution in [2.24, 2.45) is 0 Å². The van der Waals surface area contributed by atoms with Gasteiger partial charge in [0.1, 0.15) is 11.4 Å². The van der Waals surface area contributed by atoms with E-state index >= 15 is 0 Å². The number of carbonyl (C=O) groups is 1. The predicted molar refractivity (Wildman–Crippen MR) is 101 cm³/mol. The number of pyridine rings is 1. The van der Waals surface area contributed by atoms with Crippen LogP contribution in [0.2, 0.25) is 0 Å². The number of carbonyl (C=O) groups excluding carboxylic acids is 1. The highest BCUT2D eigenvalue weighted by atomic mass is 16.6. The summed E-state index contributed by atoms with van der Waals surface area (Å²) in [5.41, 5.74) is 0.598. The predicted octanol–water partition coefficient (Wildman–Crippen LogP) is 3.38. The molecule has 1 amide bonds. The third-order valence-electron chi connectivity index (χ3n) is 4.24. The van der Waals surface area contributed by atoms with Gasteiger partial charge in [-0.3, -0.25) is 0 Å². The zero-order chi connectivity index (χ0) is 18.0. The molecule has 0 bridgehead atoms. The molecule has 0 saturated carbocycles. The van der Waals surface area contributed by atoms with Crippen molar-refractivity contribution in [2.75, 3.05) is 30.4 Å². The third kappa shape index (κ3) is 4.13. The van der Waals surface area contributed by atoms with Gasteiger partial charge >= 0.3 is 6.09 Å². The molecule has 3 rings (SSSR count). The van der Waals surface area contributed by atoms with Crippen LogP contribution >= 0.6 is 0 Å². The fraction of sp³-hybridized carbons (Fsp3) is 0.474. The smallest absolute Gasteiger partial charge is 0.407 e. The first-order valence-electron chi connectivity index (χ1n) is 8.67. The summed E-state index contributed by atoms with van der Waals surface area (Å²) >= 11 is 0. The van der Waals surface area contributed by atoms with Crippen LogP contribution in [0.5, 0.6) is 0 Å². The average molecular weight is 342 g/mol. The first-order chi connectivity index (χ1) is 11.9. The Hall–Kier alpha value is -2.50. The second-order valence-corrected chi connectivity index (χ2v) is 7.40. The quantitative estimate of drug-likeness (QED) is 0.895. The third-order valence-corrected chi connectivity index (χ3v) is 4.24. The molecule has 0 spiro atoms. The minimum Gasteiger partial charge on any atom is -0.444 e. The van der Waals surface area contributed by atoms with Gasteiger partial charge in [-0.1, -0.05) is 0 Å². The Morgan fingerprint density at radius 1 is 1.32 bits per heavy atom. The van der Waals surface area contributed by atoms with Crippen LogP contribution < -0.4 is 15.5 Å². The van der Waals surface area contributed by atoms with E-state index in [9.17, 15) is 4.79 Å². The molecule has 0 unspecified atom stereocenters. The van der Waals surface area contributed by atoms with Crippen molar-refractivity contribution >= 4 is 28.4 Å². The number of alkyl carbamates (subject to hydrolysis) is 1. The van der Waals surface area contributed by atoms with Crippen LogP contribution in [0.25, 0.3) is 10.8 Å². The van der Waals surface area contributed by atoms with E-state index in [4.69, 9.17) is 4.74 Å². The van der Waals surface area contributed by atoms with E-state index < -0.39 is 5.60 Å². The Balaban J connectivity index is 1.72. The molecule has 1 atom stereocenters. The number of hydrogen-bond donors (Lipinski definition) is 2. The molecule has 2 N–H and O–H groups in total. The van der Waals surface area contributed by atoms with Gasteiger partial charge in [0.15, 0.2) is 0 Å². The lowest BCUT2D eigenvalue weighted by Crippen LogP contribution is -2.40. The van der Waals surface area contributed by atoms with E-state index in [1.165, 1.54) is 0 Å². The maximum absolute atomic E-state index is 12.0. The summed E-state index contributed by atoms with van der Waals surface area (Å²) in [5, 5.41) is 8.40. The maximum atomic E-state index is 12.0. The van der Waals surface area contributed by atoms with Gasteiger partial charge in [-0.05, 0) is 56.8 Å². The van der Waals surface area contributed by atoms with Crippen molar-refractivity contribution in [3.05, 3.63) is 30.5 Å². The van der Waals surface area contributed by atoms with Crippen molar-refractivity contribution < 1.29 is 9.53 Å². The monoisotopic (exact) mass is 342 g/mol. The summed E-state index contributed by atoms with van der Waals surface area (Å²) in [6.07, 6.45) is 2.36. The van der Waals surface area contributed by atoms with E-state index in [0.717, 1.165) is 41.8 Å². The molecule has 6 heteroatoms. The van der Waals surface area contributed by atoms with Crippen molar-refractivity contribution in [1.82, 2.24) is 10.3 Å². The molecule has 1 saturated heterocycles. The molecule has 1 aliphatic heterocycles. The van der Waals surface area contributed by atoms with Crippen LogP contribution in [0.1, 0.15) is 27.2 Å². The summed E-state index contributed by atoms with van der Waals surface area (Å²) in [4.78, 5) is 18.8. The van der Waals surface area contributed by atoms with E-state index in [2.05, 4.69) is 38.7 Å². The minimum absolute atomic E-state index is 0.0727. The molecule has 1 fully saturated rings. The van der Waals surface area contributed by atoms with Gasteiger partial charge in [-0.2, -0.15) is 0 Å². The first kappa shape index (κ1) is 17.3. The van der Waals surface area contributed by atoms with Gasteiger partial charge in [-0.25, -0.2) is 9.78 Å². The molecule has 1 aliphatic rings. The second-order valence-electron chi connectivity index (χ2n) is 7.40. The minimum atomic E-state index is -0.482. The first-order valence-corrected chi connectivity index (χ1v) is 8.67.